The van der Waals surface area contributed by atoms with Crippen molar-refractivity contribution in [2.24, 2.45) is 11.3 Å². The SMILES string of the molecule is CC(CC(=O)Nc1ccc(-c2cc3c(o2)CCN(C(=O)c2cccs2)C3)cc1)CC(C)(C)C. The largest absolute Gasteiger partial charge is 0.461 e. The van der Waals surface area contributed by atoms with Gasteiger partial charge in [0.25, 0.3) is 5.91 Å². The molecule has 6 heteroatoms. The van der Waals surface area contributed by atoms with Gasteiger partial charge in [0.05, 0.1) is 4.88 Å². The zero-order valence-corrected chi connectivity index (χ0v) is 20.6. The lowest BCUT2D eigenvalue weighted by Gasteiger charge is -2.25. The van der Waals surface area contributed by atoms with Gasteiger partial charge in [-0.1, -0.05) is 33.8 Å². The van der Waals surface area contributed by atoms with Gasteiger partial charge >= 0.3 is 0 Å². The lowest BCUT2D eigenvalue weighted by molar-refractivity contribution is -0.117. The first-order chi connectivity index (χ1) is 15.7. The number of nitrogens with zero attached hydrogens (tertiary/aromatic N) is 1. The molecular weight excluding hydrogens is 432 g/mol. The van der Waals surface area contributed by atoms with Crippen LogP contribution in [0.4, 0.5) is 5.69 Å². The molecule has 33 heavy (non-hydrogen) atoms. The van der Waals surface area contributed by atoms with Gasteiger partial charge in [-0.15, -0.1) is 11.3 Å². The molecule has 0 radical (unpaired) electrons. The number of amides is 2. The number of carbonyl (C=O) groups excluding carboxylic acids is 2. The van der Waals surface area contributed by atoms with Crippen molar-refractivity contribution < 1.29 is 14.0 Å². The Balaban J connectivity index is 1.37. The van der Waals surface area contributed by atoms with Crippen molar-refractivity contribution in [1.82, 2.24) is 4.90 Å². The third-order valence-electron chi connectivity index (χ3n) is 5.83. The number of anilines is 1. The summed E-state index contributed by atoms with van der Waals surface area (Å²) in [5.41, 5.74) is 3.03. The van der Waals surface area contributed by atoms with Crippen LogP contribution in [0.15, 0.2) is 52.3 Å². The molecule has 0 saturated carbocycles. The fourth-order valence-corrected chi connectivity index (χ4v) is 5.26. The zero-order valence-electron chi connectivity index (χ0n) is 19.8. The zero-order chi connectivity index (χ0) is 23.6. The van der Waals surface area contributed by atoms with E-state index in [2.05, 4.69) is 33.0 Å². The molecular formula is C27H32N2O3S. The standard InChI is InChI=1S/C27H32N2O3S/c1-18(16-27(2,3)4)14-25(30)28-21-9-7-19(8-10-21)23-15-20-17-29(12-11-22(20)32-23)26(31)24-6-5-13-33-24/h5-10,13,15,18H,11-12,14,16-17H2,1-4H3,(H,28,30). The smallest absolute Gasteiger partial charge is 0.264 e. The summed E-state index contributed by atoms with van der Waals surface area (Å²) in [5.74, 6) is 2.20. The maximum absolute atomic E-state index is 12.7. The molecule has 1 unspecified atom stereocenters. The minimum atomic E-state index is 0.0449. The van der Waals surface area contributed by atoms with Crippen LogP contribution in [0.3, 0.4) is 0 Å². The van der Waals surface area contributed by atoms with E-state index in [0.717, 1.165) is 39.6 Å². The van der Waals surface area contributed by atoms with Crippen molar-refractivity contribution in [3.05, 3.63) is 64.0 Å². The van der Waals surface area contributed by atoms with Crippen LogP contribution in [0.1, 0.15) is 61.5 Å². The van der Waals surface area contributed by atoms with E-state index in [1.807, 2.05) is 52.7 Å². The van der Waals surface area contributed by atoms with Crippen LogP contribution in [-0.4, -0.2) is 23.3 Å². The van der Waals surface area contributed by atoms with E-state index < -0.39 is 0 Å². The molecule has 1 aliphatic heterocycles. The first-order valence-electron chi connectivity index (χ1n) is 11.5. The summed E-state index contributed by atoms with van der Waals surface area (Å²) in [5, 5.41) is 4.93. The molecule has 0 bridgehead atoms. The monoisotopic (exact) mass is 464 g/mol. The van der Waals surface area contributed by atoms with Crippen molar-refractivity contribution >= 4 is 28.8 Å². The van der Waals surface area contributed by atoms with Crippen LogP contribution >= 0.6 is 11.3 Å². The van der Waals surface area contributed by atoms with Gasteiger partial charge in [0.2, 0.25) is 5.91 Å². The second-order valence-electron chi connectivity index (χ2n) is 10.2. The predicted octanol–water partition coefficient (Wildman–Crippen LogP) is 6.61. The minimum Gasteiger partial charge on any atom is -0.461 e. The number of fused-ring (bicyclic) bond motifs is 1. The molecule has 1 aliphatic rings. The quantitative estimate of drug-likeness (QED) is 0.447. The van der Waals surface area contributed by atoms with Gasteiger partial charge in [-0.3, -0.25) is 9.59 Å². The summed E-state index contributed by atoms with van der Waals surface area (Å²) in [6.45, 7) is 9.96. The van der Waals surface area contributed by atoms with Gasteiger partial charge in [0.15, 0.2) is 0 Å². The van der Waals surface area contributed by atoms with Crippen molar-refractivity contribution in [1.29, 1.82) is 0 Å². The van der Waals surface area contributed by atoms with Crippen molar-refractivity contribution in [2.75, 3.05) is 11.9 Å². The van der Waals surface area contributed by atoms with Crippen molar-refractivity contribution in [3.8, 4) is 11.3 Å². The molecule has 0 saturated heterocycles. The maximum atomic E-state index is 12.7. The summed E-state index contributed by atoms with van der Waals surface area (Å²) < 4.78 is 6.11. The molecule has 4 rings (SSSR count). The fourth-order valence-electron chi connectivity index (χ4n) is 4.57. The lowest BCUT2D eigenvalue weighted by Crippen LogP contribution is -2.35. The van der Waals surface area contributed by atoms with Crippen LogP contribution in [0.2, 0.25) is 0 Å². The Morgan fingerprint density at radius 1 is 1.18 bits per heavy atom. The van der Waals surface area contributed by atoms with Crippen LogP contribution in [-0.2, 0) is 17.8 Å². The van der Waals surface area contributed by atoms with Crippen molar-refractivity contribution in [2.45, 2.75) is 53.5 Å². The Morgan fingerprint density at radius 2 is 1.94 bits per heavy atom. The summed E-state index contributed by atoms with van der Waals surface area (Å²) in [4.78, 5) is 27.7. The van der Waals surface area contributed by atoms with Gasteiger partial charge in [-0.05, 0) is 59.5 Å². The minimum absolute atomic E-state index is 0.0449. The van der Waals surface area contributed by atoms with Gasteiger partial charge in [0, 0.05) is 42.7 Å². The molecule has 3 aromatic rings. The Labute approximate surface area is 199 Å². The molecule has 0 aliphatic carbocycles. The average Bonchev–Trinajstić information content (AvgIpc) is 3.41. The van der Waals surface area contributed by atoms with E-state index in [1.54, 1.807) is 0 Å². The number of furan rings is 1. The molecule has 5 nitrogen and oxygen atoms in total. The maximum Gasteiger partial charge on any atom is 0.264 e. The molecule has 1 aromatic carbocycles. The molecule has 0 fully saturated rings. The lowest BCUT2D eigenvalue weighted by atomic mass is 9.84. The normalized spacial score (nSPS) is 14.6. The van der Waals surface area contributed by atoms with E-state index in [9.17, 15) is 9.59 Å². The Morgan fingerprint density at radius 3 is 2.61 bits per heavy atom. The highest BCUT2D eigenvalue weighted by Gasteiger charge is 2.25. The van der Waals surface area contributed by atoms with Gasteiger partial charge < -0.3 is 14.6 Å². The molecule has 2 amide bonds. The molecule has 174 valence electrons. The van der Waals surface area contributed by atoms with Gasteiger partial charge in [-0.25, -0.2) is 0 Å². The third-order valence-corrected chi connectivity index (χ3v) is 6.69. The first-order valence-corrected chi connectivity index (χ1v) is 12.4. The molecule has 2 aromatic heterocycles. The number of hydrogen-bond donors (Lipinski definition) is 1. The van der Waals surface area contributed by atoms with E-state index in [1.165, 1.54) is 11.3 Å². The molecule has 0 spiro atoms. The number of carbonyl (C=O) groups is 2. The van der Waals surface area contributed by atoms with E-state index >= 15 is 0 Å². The number of benzene rings is 1. The molecule has 1 N–H and O–H groups in total. The van der Waals surface area contributed by atoms with E-state index in [0.29, 0.717) is 31.8 Å². The molecule has 1 atom stereocenters. The van der Waals surface area contributed by atoms with E-state index in [4.69, 9.17) is 4.42 Å². The summed E-state index contributed by atoms with van der Waals surface area (Å²) in [6, 6.07) is 13.6. The number of rotatable bonds is 6. The number of nitrogens with one attached hydrogen (secondary N) is 1. The third kappa shape index (κ3) is 5.93. The Kier molecular flexibility index (Phi) is 6.75. The first kappa shape index (κ1) is 23.3. The number of thiophene rings is 1. The highest BCUT2D eigenvalue weighted by molar-refractivity contribution is 7.12. The Bertz CT molecular complexity index is 1110. The predicted molar refractivity (Wildman–Crippen MR) is 133 cm³/mol. The highest BCUT2D eigenvalue weighted by atomic mass is 32.1. The fraction of sp³-hybridized carbons (Fsp3) is 0.407. The van der Waals surface area contributed by atoms with Gasteiger partial charge in [0.1, 0.15) is 11.5 Å². The molecule has 3 heterocycles. The summed E-state index contributed by atoms with van der Waals surface area (Å²) in [7, 11) is 0. The summed E-state index contributed by atoms with van der Waals surface area (Å²) >= 11 is 1.47. The second kappa shape index (κ2) is 9.56. The Hall–Kier alpha value is -2.86. The highest BCUT2D eigenvalue weighted by Crippen LogP contribution is 2.31. The van der Waals surface area contributed by atoms with Gasteiger partial charge in [-0.2, -0.15) is 0 Å². The van der Waals surface area contributed by atoms with Crippen molar-refractivity contribution in [3.63, 3.8) is 0 Å². The second-order valence-corrected chi connectivity index (χ2v) is 11.2. The average molecular weight is 465 g/mol. The van der Waals surface area contributed by atoms with Crippen LogP contribution < -0.4 is 5.32 Å². The number of hydrogen-bond acceptors (Lipinski definition) is 4. The van der Waals surface area contributed by atoms with Crippen LogP contribution in [0.5, 0.6) is 0 Å². The topological polar surface area (TPSA) is 62.6 Å². The summed E-state index contributed by atoms with van der Waals surface area (Å²) in [6.07, 6.45) is 2.25. The van der Waals surface area contributed by atoms with Crippen LogP contribution in [0.25, 0.3) is 11.3 Å². The van der Waals surface area contributed by atoms with Crippen LogP contribution in [0, 0.1) is 11.3 Å². The van der Waals surface area contributed by atoms with E-state index in [-0.39, 0.29) is 17.2 Å².